The van der Waals surface area contributed by atoms with E-state index in [-0.39, 0.29) is 22.7 Å². The van der Waals surface area contributed by atoms with Crippen LogP contribution in [0.4, 0.5) is 0 Å². The summed E-state index contributed by atoms with van der Waals surface area (Å²) in [5, 5.41) is 0.0219. The molecule has 144 valence electrons. The fraction of sp³-hybridized carbons (Fsp3) is 0.381. The Bertz CT molecular complexity index is 954. The van der Waals surface area contributed by atoms with E-state index < -0.39 is 9.84 Å². The number of aryl methyl sites for hydroxylation is 2. The highest BCUT2D eigenvalue weighted by Gasteiger charge is 2.29. The smallest absolute Gasteiger partial charge is 0.255 e. The van der Waals surface area contributed by atoms with E-state index in [0.29, 0.717) is 18.5 Å². The lowest BCUT2D eigenvalue weighted by molar-refractivity contribution is 0.0781. The molecular weight excluding hydrogens is 378 g/mol. The van der Waals surface area contributed by atoms with Gasteiger partial charge in [0.25, 0.3) is 5.91 Å². The number of carbonyl (C=O) groups is 1. The number of amides is 1. The Morgan fingerprint density at radius 1 is 1.19 bits per heavy atom. The van der Waals surface area contributed by atoms with Crippen LogP contribution in [0.5, 0.6) is 0 Å². The first-order chi connectivity index (χ1) is 12.7. The molecule has 0 aromatic heterocycles. The van der Waals surface area contributed by atoms with Gasteiger partial charge < -0.3 is 4.90 Å². The predicted molar refractivity (Wildman–Crippen MR) is 111 cm³/mol. The zero-order valence-corrected chi connectivity index (χ0v) is 17.6. The molecule has 3 rings (SSSR count). The maximum absolute atomic E-state index is 13.0. The molecule has 1 aliphatic rings. The van der Waals surface area contributed by atoms with E-state index in [0.717, 1.165) is 10.5 Å². The van der Waals surface area contributed by atoms with E-state index in [1.165, 1.54) is 22.9 Å². The van der Waals surface area contributed by atoms with E-state index in [4.69, 9.17) is 0 Å². The third-order valence-electron chi connectivity index (χ3n) is 4.85. The fourth-order valence-corrected chi connectivity index (χ4v) is 6.96. The van der Waals surface area contributed by atoms with Gasteiger partial charge in [0.2, 0.25) is 0 Å². The maximum atomic E-state index is 13.0. The van der Waals surface area contributed by atoms with Crippen molar-refractivity contribution in [3.63, 3.8) is 0 Å². The van der Waals surface area contributed by atoms with Crippen molar-refractivity contribution in [1.29, 1.82) is 0 Å². The van der Waals surface area contributed by atoms with Gasteiger partial charge in [-0.05, 0) is 43.5 Å². The van der Waals surface area contributed by atoms with Gasteiger partial charge in [-0.1, -0.05) is 35.9 Å². The van der Waals surface area contributed by atoms with Gasteiger partial charge in [0.05, 0.1) is 17.1 Å². The first kappa shape index (κ1) is 20.0. The van der Waals surface area contributed by atoms with Gasteiger partial charge in [-0.25, -0.2) is 8.42 Å². The van der Waals surface area contributed by atoms with Crippen LogP contribution < -0.4 is 0 Å². The molecule has 1 atom stereocenters. The largest absolute Gasteiger partial charge is 0.337 e. The summed E-state index contributed by atoms with van der Waals surface area (Å²) in [5.74, 6) is 0.394. The Morgan fingerprint density at radius 2 is 1.93 bits per heavy atom. The molecule has 6 heteroatoms. The minimum Gasteiger partial charge on any atom is -0.337 e. The van der Waals surface area contributed by atoms with Crippen molar-refractivity contribution in [2.75, 3.05) is 18.6 Å². The van der Waals surface area contributed by atoms with E-state index >= 15 is 0 Å². The number of benzene rings is 2. The third kappa shape index (κ3) is 4.93. The van der Waals surface area contributed by atoms with Gasteiger partial charge in [0.15, 0.2) is 9.84 Å². The second-order valence-electron chi connectivity index (χ2n) is 7.23. The molecule has 0 saturated carbocycles. The van der Waals surface area contributed by atoms with Crippen molar-refractivity contribution >= 4 is 27.5 Å². The normalized spacial score (nSPS) is 18.4. The molecule has 0 radical (unpaired) electrons. The minimum atomic E-state index is -2.93. The molecule has 1 amide bonds. The van der Waals surface area contributed by atoms with Gasteiger partial charge in [-0.2, -0.15) is 0 Å². The number of rotatable bonds is 5. The summed E-state index contributed by atoms with van der Waals surface area (Å²) in [5.41, 5.74) is 4.15. The van der Waals surface area contributed by atoms with Gasteiger partial charge in [-0.15, -0.1) is 11.8 Å². The highest BCUT2D eigenvalue weighted by molar-refractivity contribution is 8.02. The standard InChI is InChI=1S/C21H25NO3S2/c1-15-8-9-17(16(2)12-15)13-22(3)21(23)19-6-4-5-7-20(19)26-18-10-11-27(24,25)14-18/h4-9,12,18H,10-11,13-14H2,1-3H3/t18-/m1/s1. The lowest BCUT2D eigenvalue weighted by atomic mass is 10.1. The fourth-order valence-electron chi connectivity index (χ4n) is 3.34. The van der Waals surface area contributed by atoms with Crippen molar-refractivity contribution in [3.05, 3.63) is 64.7 Å². The molecule has 2 aromatic rings. The summed E-state index contributed by atoms with van der Waals surface area (Å²) in [7, 11) is -1.12. The average molecular weight is 404 g/mol. The summed E-state index contributed by atoms with van der Waals surface area (Å²) >= 11 is 1.51. The second kappa shape index (κ2) is 8.07. The summed E-state index contributed by atoms with van der Waals surface area (Å²) < 4.78 is 23.5. The van der Waals surface area contributed by atoms with Crippen molar-refractivity contribution in [2.24, 2.45) is 0 Å². The van der Waals surface area contributed by atoms with Crippen molar-refractivity contribution in [1.82, 2.24) is 4.90 Å². The third-order valence-corrected chi connectivity index (χ3v) is 8.18. The number of carbonyl (C=O) groups excluding carboxylic acids is 1. The van der Waals surface area contributed by atoms with Crippen molar-refractivity contribution < 1.29 is 13.2 Å². The minimum absolute atomic E-state index is 0.0219. The summed E-state index contributed by atoms with van der Waals surface area (Å²) in [6.45, 7) is 4.66. The molecule has 1 saturated heterocycles. The SMILES string of the molecule is Cc1ccc(CN(C)C(=O)c2ccccc2S[C@@H]2CCS(=O)(=O)C2)c(C)c1. The quantitative estimate of drug-likeness (QED) is 0.761. The molecule has 0 bridgehead atoms. The molecular formula is C21H25NO3S2. The summed E-state index contributed by atoms with van der Waals surface area (Å²) in [6, 6.07) is 13.7. The van der Waals surface area contributed by atoms with E-state index in [1.54, 1.807) is 4.90 Å². The van der Waals surface area contributed by atoms with Crippen LogP contribution in [0, 0.1) is 13.8 Å². The van der Waals surface area contributed by atoms with E-state index in [9.17, 15) is 13.2 Å². The Labute approximate surface area is 165 Å². The van der Waals surface area contributed by atoms with Crippen LogP contribution in [0.2, 0.25) is 0 Å². The molecule has 4 nitrogen and oxygen atoms in total. The average Bonchev–Trinajstić information content (AvgIpc) is 2.95. The van der Waals surface area contributed by atoms with Crippen LogP contribution in [0.15, 0.2) is 47.4 Å². The van der Waals surface area contributed by atoms with Crippen molar-refractivity contribution in [2.45, 2.75) is 37.0 Å². The van der Waals surface area contributed by atoms with Crippen molar-refractivity contribution in [3.8, 4) is 0 Å². The lowest BCUT2D eigenvalue weighted by Crippen LogP contribution is -2.27. The topological polar surface area (TPSA) is 54.5 Å². The molecule has 1 heterocycles. The number of sulfone groups is 1. The highest BCUT2D eigenvalue weighted by Crippen LogP contribution is 2.33. The van der Waals surface area contributed by atoms with Gasteiger partial charge in [0.1, 0.15) is 0 Å². The molecule has 1 fully saturated rings. The van der Waals surface area contributed by atoms with Crippen LogP contribution in [0.3, 0.4) is 0 Å². The first-order valence-electron chi connectivity index (χ1n) is 9.03. The predicted octanol–water partition coefficient (Wildman–Crippen LogP) is 3.85. The van der Waals surface area contributed by atoms with Gasteiger partial charge in [0, 0.05) is 23.7 Å². The van der Waals surface area contributed by atoms with Gasteiger partial charge >= 0.3 is 0 Å². The number of thioether (sulfide) groups is 1. The van der Waals surface area contributed by atoms with Crippen LogP contribution in [0.1, 0.15) is 33.5 Å². The summed E-state index contributed by atoms with van der Waals surface area (Å²) in [4.78, 5) is 15.6. The molecule has 0 spiro atoms. The first-order valence-corrected chi connectivity index (χ1v) is 11.7. The molecule has 1 aliphatic heterocycles. The molecule has 0 N–H and O–H groups in total. The number of nitrogens with zero attached hydrogens (tertiary/aromatic N) is 1. The summed E-state index contributed by atoms with van der Waals surface area (Å²) in [6.07, 6.45) is 0.647. The monoisotopic (exact) mass is 403 g/mol. The Balaban J connectivity index is 1.76. The van der Waals surface area contributed by atoms with Crippen LogP contribution in [0.25, 0.3) is 0 Å². The molecule has 27 heavy (non-hydrogen) atoms. The van der Waals surface area contributed by atoms with Crippen LogP contribution in [-0.4, -0.2) is 43.0 Å². The van der Waals surface area contributed by atoms with Gasteiger partial charge in [-0.3, -0.25) is 4.79 Å². The Kier molecular flexibility index (Phi) is 5.96. The Morgan fingerprint density at radius 3 is 2.59 bits per heavy atom. The number of hydrogen-bond donors (Lipinski definition) is 0. The zero-order valence-electron chi connectivity index (χ0n) is 15.9. The maximum Gasteiger partial charge on any atom is 0.255 e. The molecule has 2 aromatic carbocycles. The number of hydrogen-bond acceptors (Lipinski definition) is 4. The van der Waals surface area contributed by atoms with E-state index in [2.05, 4.69) is 32.0 Å². The second-order valence-corrected chi connectivity index (χ2v) is 10.8. The van der Waals surface area contributed by atoms with E-state index in [1.807, 2.05) is 31.3 Å². The Hall–Kier alpha value is -1.79. The zero-order chi connectivity index (χ0) is 19.6. The molecule has 0 aliphatic carbocycles. The van der Waals surface area contributed by atoms with Crippen LogP contribution >= 0.6 is 11.8 Å². The molecule has 0 unspecified atom stereocenters. The lowest BCUT2D eigenvalue weighted by Gasteiger charge is -2.21. The van der Waals surface area contributed by atoms with Crippen LogP contribution in [-0.2, 0) is 16.4 Å². The highest BCUT2D eigenvalue weighted by atomic mass is 32.2.